The topological polar surface area (TPSA) is 36.9 Å². The highest BCUT2D eigenvalue weighted by atomic mass is 28.5. The molecule has 0 saturated carbocycles. The molecule has 9 heteroatoms. The minimum atomic E-state index is -2.96. The lowest BCUT2D eigenvalue weighted by Gasteiger charge is -2.52. The normalized spacial score (nSPS) is 15.2. The third-order valence-electron chi connectivity index (χ3n) is 9.96. The van der Waals surface area contributed by atoms with Crippen LogP contribution in [-0.2, 0) is 16.8 Å². The third kappa shape index (κ3) is 13.4. The first-order valence-corrected chi connectivity index (χ1v) is 29.6. The van der Waals surface area contributed by atoms with Crippen LogP contribution in [0.1, 0.15) is 107 Å². The molecule has 0 radical (unpaired) electrons. The molecule has 0 aromatic carbocycles. The summed E-state index contributed by atoms with van der Waals surface area (Å²) in [5, 5.41) is 0.331. The van der Waals surface area contributed by atoms with Crippen LogP contribution in [0.15, 0.2) is 0 Å². The van der Waals surface area contributed by atoms with Gasteiger partial charge in [-0.25, -0.2) is 0 Å². The van der Waals surface area contributed by atoms with Crippen LogP contribution in [-0.4, -0.2) is 49.2 Å². The molecule has 0 unspecified atom stereocenters. The van der Waals surface area contributed by atoms with Gasteiger partial charge in [-0.2, -0.15) is 0 Å². The van der Waals surface area contributed by atoms with Crippen LogP contribution in [0.2, 0.25) is 79.6 Å². The summed E-state index contributed by atoms with van der Waals surface area (Å²) in [6, 6.07) is 2.23. The molecular weight excluding hydrogens is 565 g/mol. The molecule has 0 aliphatic heterocycles. The van der Waals surface area contributed by atoms with Gasteiger partial charge < -0.3 is 16.8 Å². The number of unbranched alkanes of at least 4 members (excludes halogenated alkanes) is 6. The van der Waals surface area contributed by atoms with Gasteiger partial charge in [0.25, 0.3) is 0 Å². The first kappa shape index (κ1) is 39.9. The van der Waals surface area contributed by atoms with Crippen molar-refractivity contribution in [2.45, 2.75) is 187 Å². The average Bonchev–Trinajstić information content (AvgIpc) is 2.68. The first-order valence-electron chi connectivity index (χ1n) is 15.8. The molecule has 0 aromatic heterocycles. The van der Waals surface area contributed by atoms with E-state index in [0.717, 1.165) is 12.5 Å². The second-order valence-electron chi connectivity index (χ2n) is 17.2. The summed E-state index contributed by atoms with van der Waals surface area (Å²) in [5.74, 6) is 0. The molecule has 0 fully saturated rings. The Morgan fingerprint density at radius 1 is 0.410 bits per heavy atom. The molecule has 0 aromatic rings. The molecule has 0 rings (SSSR count). The zero-order chi connectivity index (χ0) is 31.2. The highest BCUT2D eigenvalue weighted by molar-refractivity contribution is 6.92. The highest BCUT2D eigenvalue weighted by Gasteiger charge is 2.57. The Morgan fingerprint density at radius 3 is 0.923 bits per heavy atom. The van der Waals surface area contributed by atoms with Crippen molar-refractivity contribution in [1.29, 1.82) is 0 Å². The van der Waals surface area contributed by atoms with Gasteiger partial charge in [-0.3, -0.25) is 0 Å². The Labute approximate surface area is 252 Å². The van der Waals surface area contributed by atoms with Crippen molar-refractivity contribution in [1.82, 2.24) is 0 Å². The molecule has 0 amide bonds. The maximum Gasteiger partial charge on any atom is 0.469 e. The average molecular weight is 637 g/mol. The van der Waals surface area contributed by atoms with Gasteiger partial charge in [0.15, 0.2) is 33.3 Å². The molecule has 0 N–H and O–H groups in total. The van der Waals surface area contributed by atoms with Crippen molar-refractivity contribution in [3.8, 4) is 0 Å². The molecule has 0 spiro atoms. The molecular formula is C30H72O4Si5. The van der Waals surface area contributed by atoms with Crippen LogP contribution in [0.25, 0.3) is 0 Å². The van der Waals surface area contributed by atoms with E-state index >= 15 is 0 Å². The molecule has 39 heavy (non-hydrogen) atoms. The quantitative estimate of drug-likeness (QED) is 0.118. The van der Waals surface area contributed by atoms with E-state index < -0.39 is 42.1 Å². The van der Waals surface area contributed by atoms with Crippen LogP contribution >= 0.6 is 0 Å². The van der Waals surface area contributed by atoms with Crippen molar-refractivity contribution >= 4 is 42.1 Å². The summed E-state index contributed by atoms with van der Waals surface area (Å²) in [4.78, 5) is 0. The monoisotopic (exact) mass is 636 g/mol. The Balaban J connectivity index is 5.84. The Hall–Kier alpha value is 0.924. The van der Waals surface area contributed by atoms with Gasteiger partial charge in [0, 0.05) is 13.2 Å². The Kier molecular flexibility index (Phi) is 14.9. The van der Waals surface area contributed by atoms with E-state index in [2.05, 4.69) is 115 Å². The lowest BCUT2D eigenvalue weighted by Crippen LogP contribution is -2.65. The SMILES string of the molecule is CO[Si](C)(C)CCCCCCCCC[Si](O[Si](C)(C)C(C)(C)C)(O[Si](C)(C)C(C)(C)C)O[Si](C)(C)C(C)(C)C. The van der Waals surface area contributed by atoms with E-state index in [1.807, 2.05) is 7.11 Å². The molecule has 0 saturated heterocycles. The number of hydrogen-bond acceptors (Lipinski definition) is 4. The predicted octanol–water partition coefficient (Wildman–Crippen LogP) is 11.6. The summed E-state index contributed by atoms with van der Waals surface area (Å²) < 4.78 is 28.1. The molecule has 4 nitrogen and oxygen atoms in total. The van der Waals surface area contributed by atoms with E-state index in [1.54, 1.807) is 0 Å². The molecule has 0 bridgehead atoms. The second kappa shape index (κ2) is 14.6. The first-order chi connectivity index (χ1) is 17.1. The van der Waals surface area contributed by atoms with Crippen LogP contribution in [0, 0.1) is 0 Å². The van der Waals surface area contributed by atoms with E-state index in [-0.39, 0.29) is 15.1 Å². The van der Waals surface area contributed by atoms with Gasteiger partial charge in [0.2, 0.25) is 0 Å². The molecule has 236 valence electrons. The zero-order valence-electron chi connectivity index (χ0n) is 30.0. The summed E-state index contributed by atoms with van der Waals surface area (Å²) in [7, 11) is -8.84. The smallest absolute Gasteiger partial charge is 0.420 e. The zero-order valence-corrected chi connectivity index (χ0v) is 35.0. The summed E-state index contributed by atoms with van der Waals surface area (Å²) >= 11 is 0. The van der Waals surface area contributed by atoms with Gasteiger partial charge in [-0.15, -0.1) is 0 Å². The van der Waals surface area contributed by atoms with Crippen molar-refractivity contribution < 1.29 is 16.8 Å². The van der Waals surface area contributed by atoms with E-state index in [9.17, 15) is 0 Å². The third-order valence-corrected chi connectivity index (χ3v) is 34.3. The maximum atomic E-state index is 7.45. The largest absolute Gasteiger partial charge is 0.469 e. The minimum Gasteiger partial charge on any atom is -0.420 e. The van der Waals surface area contributed by atoms with Gasteiger partial charge in [0.05, 0.1) is 0 Å². The van der Waals surface area contributed by atoms with Crippen LogP contribution in [0.5, 0.6) is 0 Å². The van der Waals surface area contributed by atoms with Crippen molar-refractivity contribution in [3.63, 3.8) is 0 Å². The van der Waals surface area contributed by atoms with Gasteiger partial charge >= 0.3 is 8.80 Å². The fraction of sp³-hybridized carbons (Fsp3) is 1.00. The molecule has 0 aliphatic rings. The standard InChI is InChI=1S/C30H72O4Si5/c1-28(2,3)36(13,14)32-39(33-37(15,16)29(4,5)6,34-38(17,18)30(7,8)9)27-25-23-21-19-20-22-24-26-35(11,12)31-10/h19-27H2,1-18H3. The lowest BCUT2D eigenvalue weighted by atomic mass is 10.1. The van der Waals surface area contributed by atoms with Crippen LogP contribution in [0.4, 0.5) is 0 Å². The van der Waals surface area contributed by atoms with Crippen molar-refractivity contribution in [3.05, 3.63) is 0 Å². The van der Waals surface area contributed by atoms with Gasteiger partial charge in [0.1, 0.15) is 0 Å². The van der Waals surface area contributed by atoms with Crippen molar-refractivity contribution in [2.75, 3.05) is 7.11 Å². The van der Waals surface area contributed by atoms with Crippen LogP contribution in [0.3, 0.4) is 0 Å². The fourth-order valence-corrected chi connectivity index (χ4v) is 21.6. The Bertz CT molecular complexity index is 647. The molecule has 0 heterocycles. The van der Waals surface area contributed by atoms with E-state index in [4.69, 9.17) is 16.8 Å². The molecule has 0 atom stereocenters. The summed E-state index contributed by atoms with van der Waals surface area (Å²) in [6.07, 6.45) is 8.94. The van der Waals surface area contributed by atoms with Gasteiger partial charge in [-0.05, 0) is 80.0 Å². The number of rotatable bonds is 17. The van der Waals surface area contributed by atoms with Gasteiger partial charge in [-0.1, -0.05) is 101 Å². The van der Waals surface area contributed by atoms with E-state index in [1.165, 1.54) is 44.6 Å². The fourth-order valence-electron chi connectivity index (χ4n) is 3.72. The maximum absolute atomic E-state index is 7.45. The molecule has 0 aliphatic carbocycles. The second-order valence-corrected chi connectivity index (χ2v) is 39.5. The van der Waals surface area contributed by atoms with E-state index in [0.29, 0.717) is 0 Å². The summed E-state index contributed by atoms with van der Waals surface area (Å²) in [5.41, 5.74) is 0. The highest BCUT2D eigenvalue weighted by Crippen LogP contribution is 2.47. The van der Waals surface area contributed by atoms with Crippen LogP contribution < -0.4 is 0 Å². The Morgan fingerprint density at radius 2 is 0.667 bits per heavy atom. The summed E-state index contributed by atoms with van der Waals surface area (Å²) in [6.45, 7) is 40.0. The minimum absolute atomic E-state index is 0.110. The predicted molar refractivity (Wildman–Crippen MR) is 187 cm³/mol. The lowest BCUT2D eigenvalue weighted by molar-refractivity contribution is 0.227. The number of hydrogen-bond donors (Lipinski definition) is 0. The van der Waals surface area contributed by atoms with Crippen molar-refractivity contribution in [2.24, 2.45) is 0 Å².